The highest BCUT2D eigenvalue weighted by molar-refractivity contribution is 6.18. The van der Waals surface area contributed by atoms with Crippen LogP contribution in [0.2, 0.25) is 0 Å². The van der Waals surface area contributed by atoms with E-state index in [9.17, 15) is 0 Å². The Kier molecular flexibility index (Phi) is 24.2. The van der Waals surface area contributed by atoms with Crippen LogP contribution in [0.15, 0.2) is 24.3 Å². The van der Waals surface area contributed by atoms with Crippen LogP contribution in [0.5, 0.6) is 0 Å². The molecular weight excluding hydrogens is 407 g/mol. The van der Waals surface area contributed by atoms with E-state index in [2.05, 4.69) is 38.2 Å². The number of hydrogen-bond acceptors (Lipinski definition) is 3. The summed E-state index contributed by atoms with van der Waals surface area (Å²) in [5.74, 6) is 1.37. The standard InChI is InChI=1S/C24H44Cl2O3/c1-3-5-15-23(17-11-7-9-13-19-25)28-21-27-22-29-24(16-6-4-2)18-12-8-10-14-20-26/h7-10,23-24H,3-6,11-22H2,1-2H3. The van der Waals surface area contributed by atoms with Gasteiger partial charge in [0.2, 0.25) is 0 Å². The summed E-state index contributed by atoms with van der Waals surface area (Å²) in [5, 5.41) is 0. The molecular formula is C24H44Cl2O3. The van der Waals surface area contributed by atoms with Gasteiger partial charge in [0.25, 0.3) is 0 Å². The fourth-order valence-electron chi connectivity index (χ4n) is 2.97. The van der Waals surface area contributed by atoms with Crippen molar-refractivity contribution in [2.75, 3.05) is 25.3 Å². The Morgan fingerprint density at radius 2 is 1.03 bits per heavy atom. The summed E-state index contributed by atoms with van der Waals surface area (Å²) in [5.41, 5.74) is 0. The summed E-state index contributed by atoms with van der Waals surface area (Å²) in [7, 11) is 0. The minimum absolute atomic E-state index is 0.249. The highest BCUT2D eigenvalue weighted by Crippen LogP contribution is 2.14. The lowest BCUT2D eigenvalue weighted by molar-refractivity contribution is -0.167. The van der Waals surface area contributed by atoms with Crippen molar-refractivity contribution in [2.45, 2.75) is 103 Å². The Balaban J connectivity index is 4.06. The molecule has 0 amide bonds. The van der Waals surface area contributed by atoms with Gasteiger partial charge in [-0.2, -0.15) is 0 Å². The summed E-state index contributed by atoms with van der Waals surface area (Å²) in [4.78, 5) is 0. The van der Waals surface area contributed by atoms with Crippen molar-refractivity contribution in [3.63, 3.8) is 0 Å². The number of unbranched alkanes of at least 4 members (excludes halogenated alkanes) is 2. The molecule has 0 aromatic rings. The van der Waals surface area contributed by atoms with E-state index >= 15 is 0 Å². The quantitative estimate of drug-likeness (QED) is 0.0722. The molecule has 0 radical (unpaired) electrons. The SMILES string of the molecule is CCCCC(CCC=CCCCl)OCOCOC(CCC=CCCCl)CCCC. The molecule has 0 bridgehead atoms. The van der Waals surface area contributed by atoms with Crippen molar-refractivity contribution in [1.29, 1.82) is 0 Å². The molecule has 29 heavy (non-hydrogen) atoms. The first-order valence-corrected chi connectivity index (χ1v) is 12.6. The Labute approximate surface area is 190 Å². The highest BCUT2D eigenvalue weighted by Gasteiger charge is 2.10. The maximum absolute atomic E-state index is 5.95. The van der Waals surface area contributed by atoms with Gasteiger partial charge in [-0.05, 0) is 51.4 Å². The van der Waals surface area contributed by atoms with E-state index in [4.69, 9.17) is 37.4 Å². The van der Waals surface area contributed by atoms with Gasteiger partial charge in [-0.15, -0.1) is 23.2 Å². The van der Waals surface area contributed by atoms with Crippen molar-refractivity contribution in [1.82, 2.24) is 0 Å². The number of allylic oxidation sites excluding steroid dienone is 4. The molecule has 0 fully saturated rings. The van der Waals surface area contributed by atoms with Gasteiger partial charge in [0.05, 0.1) is 12.2 Å². The Morgan fingerprint density at radius 1 is 0.621 bits per heavy atom. The zero-order chi connectivity index (χ0) is 21.4. The summed E-state index contributed by atoms with van der Waals surface area (Å²) in [6.07, 6.45) is 22.1. The van der Waals surface area contributed by atoms with Crippen molar-refractivity contribution >= 4 is 23.2 Å². The second kappa shape index (κ2) is 24.2. The van der Waals surface area contributed by atoms with Gasteiger partial charge in [0, 0.05) is 11.8 Å². The third-order valence-electron chi connectivity index (χ3n) is 4.73. The lowest BCUT2D eigenvalue weighted by atomic mass is 10.1. The molecule has 0 heterocycles. The number of halogens is 2. The third kappa shape index (κ3) is 21.0. The molecule has 2 atom stereocenters. The molecule has 0 aliphatic heterocycles. The molecule has 3 nitrogen and oxygen atoms in total. The topological polar surface area (TPSA) is 27.7 Å². The maximum atomic E-state index is 5.95. The van der Waals surface area contributed by atoms with Gasteiger partial charge in [-0.25, -0.2) is 0 Å². The molecule has 172 valence electrons. The van der Waals surface area contributed by atoms with E-state index in [0.29, 0.717) is 25.3 Å². The van der Waals surface area contributed by atoms with Crippen LogP contribution in [0.25, 0.3) is 0 Å². The van der Waals surface area contributed by atoms with Crippen molar-refractivity contribution < 1.29 is 14.2 Å². The van der Waals surface area contributed by atoms with Crippen LogP contribution in [-0.2, 0) is 14.2 Å². The fourth-order valence-corrected chi connectivity index (χ4v) is 3.22. The zero-order valence-electron chi connectivity index (χ0n) is 18.8. The van der Waals surface area contributed by atoms with Crippen LogP contribution < -0.4 is 0 Å². The lowest BCUT2D eigenvalue weighted by Crippen LogP contribution is -2.19. The van der Waals surface area contributed by atoms with E-state index in [1.165, 1.54) is 25.7 Å². The van der Waals surface area contributed by atoms with Gasteiger partial charge >= 0.3 is 0 Å². The molecule has 0 aromatic carbocycles. The largest absolute Gasteiger partial charge is 0.352 e. The average Bonchev–Trinajstić information content (AvgIpc) is 2.73. The minimum atomic E-state index is 0.249. The van der Waals surface area contributed by atoms with E-state index in [1.54, 1.807) is 0 Å². The van der Waals surface area contributed by atoms with Gasteiger partial charge in [-0.3, -0.25) is 0 Å². The molecule has 0 rings (SSSR count). The van der Waals surface area contributed by atoms with Crippen LogP contribution in [0.4, 0.5) is 0 Å². The zero-order valence-corrected chi connectivity index (χ0v) is 20.3. The molecule has 0 saturated carbocycles. The number of hydrogen-bond donors (Lipinski definition) is 0. The highest BCUT2D eigenvalue weighted by atomic mass is 35.5. The van der Waals surface area contributed by atoms with Crippen LogP contribution in [-0.4, -0.2) is 37.6 Å². The molecule has 0 aromatic heterocycles. The maximum Gasteiger partial charge on any atom is 0.149 e. The molecule has 2 unspecified atom stereocenters. The predicted octanol–water partition coefficient (Wildman–Crippen LogP) is 8.00. The first-order chi connectivity index (χ1) is 14.3. The number of alkyl halides is 2. The molecule has 0 spiro atoms. The van der Waals surface area contributed by atoms with E-state index in [-0.39, 0.29) is 12.2 Å². The first kappa shape index (κ1) is 28.9. The van der Waals surface area contributed by atoms with Gasteiger partial charge in [-0.1, -0.05) is 63.8 Å². The van der Waals surface area contributed by atoms with E-state index in [1.807, 2.05) is 0 Å². The summed E-state index contributed by atoms with van der Waals surface area (Å²) in [6.45, 7) is 5.03. The third-order valence-corrected chi connectivity index (χ3v) is 5.17. The molecule has 5 heteroatoms. The van der Waals surface area contributed by atoms with Gasteiger partial charge < -0.3 is 14.2 Å². The number of ether oxygens (including phenoxy) is 3. The molecule has 0 aliphatic rings. The normalized spacial score (nSPS) is 14.2. The van der Waals surface area contributed by atoms with Crippen LogP contribution in [0.3, 0.4) is 0 Å². The second-order valence-electron chi connectivity index (χ2n) is 7.35. The fraction of sp³-hybridized carbons (Fsp3) is 0.833. The summed E-state index contributed by atoms with van der Waals surface area (Å²) in [6, 6.07) is 0. The molecule has 0 saturated heterocycles. The number of rotatable bonds is 22. The lowest BCUT2D eigenvalue weighted by Gasteiger charge is -2.19. The van der Waals surface area contributed by atoms with Gasteiger partial charge in [0.15, 0.2) is 0 Å². The molecule has 0 N–H and O–H groups in total. The molecule has 0 aliphatic carbocycles. The van der Waals surface area contributed by atoms with Crippen LogP contribution in [0.1, 0.15) is 90.9 Å². The smallest absolute Gasteiger partial charge is 0.149 e. The van der Waals surface area contributed by atoms with Crippen molar-refractivity contribution in [3.05, 3.63) is 24.3 Å². The summed E-state index contributed by atoms with van der Waals surface area (Å²) < 4.78 is 17.5. The average molecular weight is 452 g/mol. The summed E-state index contributed by atoms with van der Waals surface area (Å²) >= 11 is 11.4. The van der Waals surface area contributed by atoms with Crippen LogP contribution in [0, 0.1) is 0 Å². The van der Waals surface area contributed by atoms with Crippen molar-refractivity contribution in [3.8, 4) is 0 Å². The minimum Gasteiger partial charge on any atom is -0.352 e. The van der Waals surface area contributed by atoms with E-state index < -0.39 is 0 Å². The van der Waals surface area contributed by atoms with Gasteiger partial charge in [0.1, 0.15) is 13.6 Å². The monoisotopic (exact) mass is 450 g/mol. The first-order valence-electron chi connectivity index (χ1n) is 11.5. The van der Waals surface area contributed by atoms with Crippen LogP contribution >= 0.6 is 23.2 Å². The predicted molar refractivity (Wildman–Crippen MR) is 127 cm³/mol. The van der Waals surface area contributed by atoms with E-state index in [0.717, 1.165) is 51.4 Å². The Bertz CT molecular complexity index is 341. The second-order valence-corrected chi connectivity index (χ2v) is 8.11. The Morgan fingerprint density at radius 3 is 1.41 bits per heavy atom. The Hall–Kier alpha value is -0.0600. The van der Waals surface area contributed by atoms with Crippen molar-refractivity contribution in [2.24, 2.45) is 0 Å².